The van der Waals surface area contributed by atoms with Gasteiger partial charge in [-0.25, -0.2) is 0 Å². The predicted octanol–water partition coefficient (Wildman–Crippen LogP) is 1.98. The zero-order chi connectivity index (χ0) is 8.27. The maximum Gasteiger partial charge on any atom is 0.140 e. The molecule has 1 atom stereocenters. The molecule has 0 aromatic rings. The summed E-state index contributed by atoms with van der Waals surface area (Å²) < 4.78 is 1.81. The third-order valence-electron chi connectivity index (χ3n) is 1.14. The molecule has 11 heavy (non-hydrogen) atoms. The summed E-state index contributed by atoms with van der Waals surface area (Å²) in [5, 5.41) is 3.55. The first-order valence-electron chi connectivity index (χ1n) is 2.94. The molecule has 0 amide bonds. The van der Waals surface area contributed by atoms with Gasteiger partial charge in [-0.2, -0.15) is 0 Å². The fourth-order valence-electron chi connectivity index (χ4n) is 0.638. The highest BCUT2D eigenvalue weighted by Gasteiger charge is 2.18. The number of thiocarbonyl (C=S) groups is 1. The smallest absolute Gasteiger partial charge is 0.140 e. The first kappa shape index (κ1) is 9.25. The molecule has 0 aromatic carbocycles. The monoisotopic (exact) mass is 250 g/mol. The first-order chi connectivity index (χ1) is 5.25. The van der Waals surface area contributed by atoms with Crippen molar-refractivity contribution < 1.29 is 0 Å². The molecule has 5 heteroatoms. The van der Waals surface area contributed by atoms with E-state index in [1.807, 2.05) is 15.4 Å². The molecule has 60 valence electrons. The second kappa shape index (κ2) is 4.25. The van der Waals surface area contributed by atoms with Crippen molar-refractivity contribution in [2.24, 2.45) is 5.73 Å². The Morgan fingerprint density at radius 1 is 1.82 bits per heavy atom. The van der Waals surface area contributed by atoms with Gasteiger partial charge in [-0.15, -0.1) is 0 Å². The highest BCUT2D eigenvalue weighted by Crippen LogP contribution is 2.30. The molecule has 0 bridgehead atoms. The van der Waals surface area contributed by atoms with E-state index in [1.54, 1.807) is 23.2 Å². The van der Waals surface area contributed by atoms with Crippen LogP contribution in [-0.4, -0.2) is 14.8 Å². The van der Waals surface area contributed by atoms with Crippen LogP contribution in [0.25, 0.3) is 0 Å². The molecule has 0 fully saturated rings. The van der Waals surface area contributed by atoms with Crippen molar-refractivity contribution in [2.45, 2.75) is 5.50 Å². The van der Waals surface area contributed by atoms with E-state index in [4.69, 9.17) is 5.73 Å². The Morgan fingerprint density at radius 2 is 2.55 bits per heavy atom. The second-order valence-corrected chi connectivity index (χ2v) is 3.90. The van der Waals surface area contributed by atoms with E-state index in [0.29, 0.717) is 0 Å². The van der Waals surface area contributed by atoms with E-state index < -0.39 is 0 Å². The van der Waals surface area contributed by atoms with Gasteiger partial charge in [0.05, 0.1) is 21.8 Å². The van der Waals surface area contributed by atoms with Gasteiger partial charge in [-0.05, 0) is 17.6 Å². The lowest BCUT2D eigenvalue weighted by Crippen LogP contribution is -2.26. The summed E-state index contributed by atoms with van der Waals surface area (Å²) in [6.45, 7) is 0. The summed E-state index contributed by atoms with van der Waals surface area (Å²) in [7, 11) is 0. The number of hydrogen-bond donors (Lipinski definition) is 1. The van der Waals surface area contributed by atoms with Gasteiger partial charge in [0.15, 0.2) is 0 Å². The molecular formula is C6H7BrN2S2. The minimum Gasteiger partial charge on any atom is -0.302 e. The van der Waals surface area contributed by atoms with Crippen LogP contribution in [0, 0.1) is 0 Å². The Bertz CT molecular complexity index is 215. The number of nitrogens with zero attached hydrogens (tertiary/aromatic N) is 1. The fraction of sp³-hybridized carbons (Fsp3) is 0.167. The number of allylic oxidation sites excluding steroid dienone is 2. The molecule has 1 rings (SSSR count). The van der Waals surface area contributed by atoms with Crippen LogP contribution in [-0.2, 0) is 0 Å². The minimum absolute atomic E-state index is 0.0280. The van der Waals surface area contributed by atoms with Crippen molar-refractivity contribution >= 4 is 45.5 Å². The molecule has 0 aliphatic carbocycles. The Hall–Kier alpha value is 0.160. The van der Waals surface area contributed by atoms with Crippen molar-refractivity contribution in [3.63, 3.8) is 0 Å². The number of hydrogen-bond acceptors (Lipinski definition) is 4. The lowest BCUT2D eigenvalue weighted by Gasteiger charge is -2.14. The summed E-state index contributed by atoms with van der Waals surface area (Å²) in [6, 6.07) is 0. The molecule has 0 saturated carbocycles. The van der Waals surface area contributed by atoms with Crippen LogP contribution in [0.5, 0.6) is 0 Å². The van der Waals surface area contributed by atoms with Crippen molar-refractivity contribution in [3.8, 4) is 0 Å². The maximum atomic E-state index is 5.66. The van der Waals surface area contributed by atoms with E-state index in [9.17, 15) is 0 Å². The number of rotatable bonds is 2. The SMILES string of the molecule is NC1SC=C(C=CC=S)N1Br. The molecular weight excluding hydrogens is 244 g/mol. The van der Waals surface area contributed by atoms with Crippen molar-refractivity contribution in [3.05, 3.63) is 23.3 Å². The van der Waals surface area contributed by atoms with Gasteiger partial charge >= 0.3 is 0 Å². The van der Waals surface area contributed by atoms with Crippen LogP contribution in [0.1, 0.15) is 0 Å². The molecule has 0 saturated heterocycles. The Kier molecular flexibility index (Phi) is 3.58. The van der Waals surface area contributed by atoms with Crippen LogP contribution in [0.2, 0.25) is 0 Å². The van der Waals surface area contributed by atoms with E-state index in [-0.39, 0.29) is 5.50 Å². The summed E-state index contributed by atoms with van der Waals surface area (Å²) >= 11 is 9.52. The van der Waals surface area contributed by atoms with E-state index in [0.717, 1.165) is 5.70 Å². The molecule has 1 aliphatic rings. The van der Waals surface area contributed by atoms with Crippen LogP contribution in [0.4, 0.5) is 0 Å². The number of thioether (sulfide) groups is 1. The lowest BCUT2D eigenvalue weighted by molar-refractivity contribution is 0.597. The standard InChI is InChI=1S/C6H7BrN2S2/c7-9-5(2-1-3-10)4-11-6(9)8/h1-4,6H,8H2. The summed E-state index contributed by atoms with van der Waals surface area (Å²) in [4.78, 5) is 0. The van der Waals surface area contributed by atoms with Gasteiger partial charge in [0.25, 0.3) is 0 Å². The van der Waals surface area contributed by atoms with Crippen molar-refractivity contribution in [1.29, 1.82) is 0 Å². The van der Waals surface area contributed by atoms with Gasteiger partial charge in [-0.3, -0.25) is 3.93 Å². The third kappa shape index (κ3) is 2.30. The molecule has 1 unspecified atom stereocenters. The molecule has 2 N–H and O–H groups in total. The van der Waals surface area contributed by atoms with Gasteiger partial charge in [-0.1, -0.05) is 24.0 Å². The van der Waals surface area contributed by atoms with Gasteiger partial charge < -0.3 is 5.73 Å². The van der Waals surface area contributed by atoms with Crippen molar-refractivity contribution in [2.75, 3.05) is 0 Å². The molecule has 0 spiro atoms. The lowest BCUT2D eigenvalue weighted by atomic mass is 10.4. The van der Waals surface area contributed by atoms with Crippen LogP contribution < -0.4 is 5.73 Å². The average molecular weight is 251 g/mol. The fourth-order valence-corrected chi connectivity index (χ4v) is 2.06. The molecule has 1 aliphatic heterocycles. The maximum absolute atomic E-state index is 5.66. The van der Waals surface area contributed by atoms with Crippen molar-refractivity contribution in [1.82, 2.24) is 3.93 Å². The quantitative estimate of drug-likeness (QED) is 0.461. The topological polar surface area (TPSA) is 29.3 Å². The van der Waals surface area contributed by atoms with E-state index in [1.165, 1.54) is 0 Å². The Labute approximate surface area is 83.8 Å². The van der Waals surface area contributed by atoms with Crippen LogP contribution >= 0.6 is 40.1 Å². The average Bonchev–Trinajstić information content (AvgIpc) is 2.31. The summed E-state index contributed by atoms with van der Waals surface area (Å²) in [6.07, 6.45) is 3.70. The minimum atomic E-state index is -0.0280. The van der Waals surface area contributed by atoms with E-state index >= 15 is 0 Å². The normalized spacial score (nSPS) is 24.4. The summed E-state index contributed by atoms with van der Waals surface area (Å²) in [5.41, 5.74) is 6.66. The highest BCUT2D eigenvalue weighted by molar-refractivity contribution is 9.07. The van der Waals surface area contributed by atoms with Gasteiger partial charge in [0.2, 0.25) is 0 Å². The first-order valence-corrected chi connectivity index (χ1v) is 5.06. The zero-order valence-corrected chi connectivity index (χ0v) is 8.82. The Balaban J connectivity index is 2.60. The summed E-state index contributed by atoms with van der Waals surface area (Å²) in [5.74, 6) is 0. The largest absolute Gasteiger partial charge is 0.302 e. The van der Waals surface area contributed by atoms with E-state index in [2.05, 4.69) is 28.4 Å². The van der Waals surface area contributed by atoms with Crippen LogP contribution in [0.15, 0.2) is 23.3 Å². The van der Waals surface area contributed by atoms with Gasteiger partial charge in [0.1, 0.15) is 5.50 Å². The molecule has 1 heterocycles. The van der Waals surface area contributed by atoms with Gasteiger partial charge in [0, 0.05) is 5.37 Å². The molecule has 0 aromatic heterocycles. The van der Waals surface area contributed by atoms with Crippen LogP contribution in [0.3, 0.4) is 0 Å². The zero-order valence-electron chi connectivity index (χ0n) is 5.61. The predicted molar refractivity (Wildman–Crippen MR) is 57.2 cm³/mol. The number of nitrogens with two attached hydrogens (primary N) is 1. The molecule has 0 radical (unpaired) electrons. The Morgan fingerprint density at radius 3 is 3.00 bits per heavy atom. The third-order valence-corrected chi connectivity index (χ3v) is 3.29. The molecule has 2 nitrogen and oxygen atoms in total. The second-order valence-electron chi connectivity index (χ2n) is 1.88. The highest BCUT2D eigenvalue weighted by atomic mass is 79.9. The number of halogens is 1.